The summed E-state index contributed by atoms with van der Waals surface area (Å²) >= 11 is 0. The van der Waals surface area contributed by atoms with Crippen LogP contribution >= 0.6 is 0 Å². The van der Waals surface area contributed by atoms with Gasteiger partial charge in [-0.05, 0) is 19.4 Å². The number of aryl methyl sites for hydroxylation is 1. The Bertz CT molecular complexity index is 482. The molecule has 0 saturated heterocycles. The van der Waals surface area contributed by atoms with Crippen LogP contribution in [0.5, 0.6) is 0 Å². The molecule has 2 aromatic rings. The maximum atomic E-state index is 8.69. The topological polar surface area (TPSA) is 86.7 Å². The van der Waals surface area contributed by atoms with Crippen molar-refractivity contribution in [1.29, 1.82) is 0 Å². The minimum absolute atomic E-state index is 0.160. The molecule has 6 nitrogen and oxygen atoms in total. The van der Waals surface area contributed by atoms with Gasteiger partial charge in [-0.15, -0.1) is 0 Å². The van der Waals surface area contributed by atoms with Gasteiger partial charge < -0.3 is 10.4 Å². The molecule has 17 heavy (non-hydrogen) atoms. The number of aromatic amines is 1. The molecule has 0 aliphatic carbocycles. The molecule has 0 atom stereocenters. The monoisotopic (exact) mass is 233 g/mol. The predicted octanol–water partition coefficient (Wildman–Crippen LogP) is 0.969. The fourth-order valence-corrected chi connectivity index (χ4v) is 1.49. The van der Waals surface area contributed by atoms with Crippen molar-refractivity contribution in [2.75, 3.05) is 18.5 Å². The molecule has 0 aliphatic heterocycles. The van der Waals surface area contributed by atoms with Crippen LogP contribution in [0.2, 0.25) is 0 Å². The predicted molar refractivity (Wildman–Crippen MR) is 64.5 cm³/mol. The number of aliphatic hydroxyl groups excluding tert-OH is 1. The third-order valence-electron chi connectivity index (χ3n) is 2.38. The Morgan fingerprint density at radius 2 is 2.35 bits per heavy atom. The Kier molecular flexibility index (Phi) is 3.66. The molecule has 0 amide bonds. The van der Waals surface area contributed by atoms with Crippen molar-refractivity contribution in [2.24, 2.45) is 0 Å². The highest BCUT2D eigenvalue weighted by Crippen LogP contribution is 2.19. The molecule has 0 fully saturated rings. The van der Waals surface area contributed by atoms with E-state index in [-0.39, 0.29) is 6.61 Å². The maximum absolute atomic E-state index is 8.69. The van der Waals surface area contributed by atoms with Crippen LogP contribution in [0.3, 0.4) is 0 Å². The van der Waals surface area contributed by atoms with Crippen molar-refractivity contribution in [2.45, 2.75) is 13.3 Å². The van der Waals surface area contributed by atoms with Gasteiger partial charge in [-0.1, -0.05) is 0 Å². The Morgan fingerprint density at radius 1 is 1.47 bits per heavy atom. The van der Waals surface area contributed by atoms with E-state index in [2.05, 4.69) is 25.5 Å². The van der Waals surface area contributed by atoms with Crippen LogP contribution in [0.1, 0.15) is 12.1 Å². The van der Waals surface area contributed by atoms with E-state index in [0.717, 1.165) is 17.0 Å². The summed E-state index contributed by atoms with van der Waals surface area (Å²) in [6.07, 6.45) is 4.20. The second-order valence-corrected chi connectivity index (χ2v) is 3.65. The molecule has 2 rings (SSSR count). The lowest BCUT2D eigenvalue weighted by Crippen LogP contribution is -2.06. The number of rotatable bonds is 5. The lowest BCUT2D eigenvalue weighted by atomic mass is 10.2. The molecule has 90 valence electrons. The van der Waals surface area contributed by atoms with Gasteiger partial charge in [0, 0.05) is 31.1 Å². The summed E-state index contributed by atoms with van der Waals surface area (Å²) in [6, 6.07) is 1.84. The number of hydrogen-bond donors (Lipinski definition) is 3. The van der Waals surface area contributed by atoms with Crippen molar-refractivity contribution >= 4 is 5.95 Å². The molecule has 0 bridgehead atoms. The lowest BCUT2D eigenvalue weighted by Gasteiger charge is -2.04. The number of nitrogens with one attached hydrogen (secondary N) is 2. The molecular weight excluding hydrogens is 218 g/mol. The third-order valence-corrected chi connectivity index (χ3v) is 2.38. The Labute approximate surface area is 99.1 Å². The fraction of sp³-hybridized carbons (Fsp3) is 0.364. The summed E-state index contributed by atoms with van der Waals surface area (Å²) in [7, 11) is 0. The van der Waals surface area contributed by atoms with Gasteiger partial charge in [-0.25, -0.2) is 9.97 Å². The minimum atomic E-state index is 0.160. The smallest absolute Gasteiger partial charge is 0.223 e. The van der Waals surface area contributed by atoms with E-state index >= 15 is 0 Å². The van der Waals surface area contributed by atoms with E-state index in [1.807, 2.05) is 19.2 Å². The number of H-pyrrole nitrogens is 1. The molecule has 0 spiro atoms. The molecule has 0 radical (unpaired) electrons. The van der Waals surface area contributed by atoms with Crippen LogP contribution in [0.25, 0.3) is 11.3 Å². The first-order valence-corrected chi connectivity index (χ1v) is 5.50. The third kappa shape index (κ3) is 2.79. The number of hydrogen-bond acceptors (Lipinski definition) is 5. The Morgan fingerprint density at radius 3 is 3.06 bits per heavy atom. The number of aliphatic hydroxyl groups is 1. The molecule has 0 saturated carbocycles. The van der Waals surface area contributed by atoms with E-state index in [1.165, 1.54) is 0 Å². The number of anilines is 1. The normalized spacial score (nSPS) is 10.5. The average Bonchev–Trinajstić information content (AvgIpc) is 2.76. The quantitative estimate of drug-likeness (QED) is 0.670. The summed E-state index contributed by atoms with van der Waals surface area (Å²) in [4.78, 5) is 8.50. The van der Waals surface area contributed by atoms with Crippen LogP contribution < -0.4 is 5.32 Å². The van der Waals surface area contributed by atoms with E-state index in [1.54, 1.807) is 6.20 Å². The zero-order valence-corrected chi connectivity index (χ0v) is 9.64. The first-order chi connectivity index (χ1) is 8.31. The van der Waals surface area contributed by atoms with Crippen LogP contribution in [-0.4, -0.2) is 38.4 Å². The number of nitrogens with zero attached hydrogens (tertiary/aromatic N) is 3. The van der Waals surface area contributed by atoms with Crippen LogP contribution in [0.15, 0.2) is 18.5 Å². The highest BCUT2D eigenvalue weighted by atomic mass is 16.3. The second kappa shape index (κ2) is 5.40. The van der Waals surface area contributed by atoms with Crippen LogP contribution in [-0.2, 0) is 0 Å². The fourth-order valence-electron chi connectivity index (χ4n) is 1.49. The average molecular weight is 233 g/mol. The molecule has 2 heterocycles. The lowest BCUT2D eigenvalue weighted by molar-refractivity contribution is 0.292. The van der Waals surface area contributed by atoms with Crippen molar-refractivity contribution in [3.63, 3.8) is 0 Å². The molecule has 3 N–H and O–H groups in total. The summed E-state index contributed by atoms with van der Waals surface area (Å²) in [5.74, 6) is 0.566. The highest BCUT2D eigenvalue weighted by molar-refractivity contribution is 5.61. The zero-order valence-electron chi connectivity index (χ0n) is 9.64. The van der Waals surface area contributed by atoms with Crippen molar-refractivity contribution in [3.05, 3.63) is 24.2 Å². The largest absolute Gasteiger partial charge is 0.396 e. The van der Waals surface area contributed by atoms with Gasteiger partial charge in [-0.3, -0.25) is 5.10 Å². The summed E-state index contributed by atoms with van der Waals surface area (Å²) in [5, 5.41) is 18.6. The molecule has 6 heteroatoms. The Balaban J connectivity index is 2.14. The Hall–Kier alpha value is -1.95. The molecule has 0 unspecified atom stereocenters. The first kappa shape index (κ1) is 11.5. The zero-order chi connectivity index (χ0) is 12.1. The maximum Gasteiger partial charge on any atom is 0.223 e. The summed E-state index contributed by atoms with van der Waals surface area (Å²) < 4.78 is 0. The van der Waals surface area contributed by atoms with Crippen LogP contribution in [0, 0.1) is 6.92 Å². The van der Waals surface area contributed by atoms with E-state index in [4.69, 9.17) is 5.11 Å². The van der Waals surface area contributed by atoms with Crippen molar-refractivity contribution in [1.82, 2.24) is 20.2 Å². The highest BCUT2D eigenvalue weighted by Gasteiger charge is 2.06. The molecule has 2 aromatic heterocycles. The van der Waals surface area contributed by atoms with Gasteiger partial charge in [0.1, 0.15) is 0 Å². The van der Waals surface area contributed by atoms with Gasteiger partial charge >= 0.3 is 0 Å². The van der Waals surface area contributed by atoms with Gasteiger partial charge in [0.15, 0.2) is 0 Å². The van der Waals surface area contributed by atoms with Crippen LogP contribution in [0.4, 0.5) is 5.95 Å². The second-order valence-electron chi connectivity index (χ2n) is 3.65. The van der Waals surface area contributed by atoms with Gasteiger partial charge in [0.25, 0.3) is 0 Å². The molecular formula is C11H15N5O. The van der Waals surface area contributed by atoms with Gasteiger partial charge in [0.05, 0.1) is 11.4 Å². The van der Waals surface area contributed by atoms with E-state index in [9.17, 15) is 0 Å². The minimum Gasteiger partial charge on any atom is -0.396 e. The summed E-state index contributed by atoms with van der Waals surface area (Å²) in [5.41, 5.74) is 2.71. The molecule has 0 aliphatic rings. The van der Waals surface area contributed by atoms with E-state index < -0.39 is 0 Å². The van der Waals surface area contributed by atoms with Crippen molar-refractivity contribution in [3.8, 4) is 11.3 Å². The van der Waals surface area contributed by atoms with Gasteiger partial charge in [0.2, 0.25) is 5.95 Å². The summed E-state index contributed by atoms with van der Waals surface area (Å²) in [6.45, 7) is 2.74. The first-order valence-electron chi connectivity index (χ1n) is 5.50. The SMILES string of the molecule is Cc1n[nH]cc1-c1ccnc(NCCCO)n1. The van der Waals surface area contributed by atoms with Gasteiger partial charge in [-0.2, -0.15) is 5.10 Å². The number of aromatic nitrogens is 4. The van der Waals surface area contributed by atoms with Crippen molar-refractivity contribution < 1.29 is 5.11 Å². The standard InChI is InChI=1S/C11H15N5O/c1-8-9(7-14-16-8)10-3-5-13-11(15-10)12-4-2-6-17/h3,5,7,17H,2,4,6H2,1H3,(H,14,16)(H,12,13,15). The van der Waals surface area contributed by atoms with E-state index in [0.29, 0.717) is 18.9 Å². The molecule has 0 aromatic carbocycles.